The fourth-order valence-corrected chi connectivity index (χ4v) is 3.40. The van der Waals surface area contributed by atoms with Crippen molar-refractivity contribution in [3.05, 3.63) is 35.5 Å². The lowest BCUT2D eigenvalue weighted by Gasteiger charge is -2.29. The molecule has 1 fully saturated rings. The lowest BCUT2D eigenvalue weighted by molar-refractivity contribution is -0.142. The number of carboxylic acid groups (broad SMARTS) is 1. The lowest BCUT2D eigenvalue weighted by Crippen LogP contribution is -2.36. The number of aliphatic carboxylic acids is 1. The van der Waals surface area contributed by atoms with Crippen molar-refractivity contribution in [2.45, 2.75) is 12.8 Å². The Kier molecular flexibility index (Phi) is 3.88. The van der Waals surface area contributed by atoms with Crippen molar-refractivity contribution in [2.24, 2.45) is 5.92 Å². The molecule has 0 saturated carbocycles. The van der Waals surface area contributed by atoms with E-state index in [1.54, 1.807) is 18.2 Å². The molecular weight excluding hydrogens is 291 g/mol. The zero-order valence-corrected chi connectivity index (χ0v) is 12.1. The third-order valence-electron chi connectivity index (χ3n) is 3.76. The molecule has 0 aliphatic carbocycles. The molecule has 3 rings (SSSR count). The average Bonchev–Trinajstić information content (AvgIpc) is 2.97. The Morgan fingerprint density at radius 1 is 1.33 bits per heavy atom. The fraction of sp³-hybridized carbons (Fsp3) is 0.333. The number of piperidine rings is 1. The van der Waals surface area contributed by atoms with Gasteiger partial charge in [-0.25, -0.2) is 9.37 Å². The number of halogens is 1. The van der Waals surface area contributed by atoms with Crippen molar-refractivity contribution in [3.63, 3.8) is 0 Å². The minimum Gasteiger partial charge on any atom is -0.481 e. The molecule has 1 aliphatic heterocycles. The van der Waals surface area contributed by atoms with Crippen LogP contribution in [-0.4, -0.2) is 29.1 Å². The largest absolute Gasteiger partial charge is 0.481 e. The van der Waals surface area contributed by atoms with Crippen LogP contribution in [0.3, 0.4) is 0 Å². The highest BCUT2D eigenvalue weighted by molar-refractivity contribution is 7.14. The summed E-state index contributed by atoms with van der Waals surface area (Å²) in [6.07, 6.45) is 1.26. The number of anilines is 1. The molecular formula is C15H15FN2O2S. The first-order chi connectivity index (χ1) is 10.1. The van der Waals surface area contributed by atoms with E-state index < -0.39 is 5.97 Å². The van der Waals surface area contributed by atoms with Gasteiger partial charge in [-0.3, -0.25) is 4.79 Å². The molecule has 1 aromatic carbocycles. The zero-order valence-electron chi connectivity index (χ0n) is 11.3. The second-order valence-electron chi connectivity index (χ2n) is 5.09. The highest BCUT2D eigenvalue weighted by Crippen LogP contribution is 2.31. The van der Waals surface area contributed by atoms with E-state index in [0.717, 1.165) is 5.13 Å². The number of rotatable bonds is 3. The maximum absolute atomic E-state index is 13.8. The molecule has 2 aromatic rings. The quantitative estimate of drug-likeness (QED) is 0.946. The van der Waals surface area contributed by atoms with E-state index in [9.17, 15) is 9.18 Å². The molecule has 1 aliphatic rings. The zero-order chi connectivity index (χ0) is 14.8. The van der Waals surface area contributed by atoms with Crippen LogP contribution in [0.2, 0.25) is 0 Å². The van der Waals surface area contributed by atoms with Gasteiger partial charge < -0.3 is 10.0 Å². The minimum atomic E-state index is -0.721. The standard InChI is InChI=1S/C15H15FN2O2S/c16-12-4-2-1-3-11(12)13-9-21-15(17-13)18-7-5-10(6-8-18)14(19)20/h1-4,9-10H,5-8H2,(H,19,20). The molecule has 21 heavy (non-hydrogen) atoms. The Morgan fingerprint density at radius 2 is 2.05 bits per heavy atom. The Hall–Kier alpha value is -1.95. The molecule has 1 aromatic heterocycles. The summed E-state index contributed by atoms with van der Waals surface area (Å²) in [4.78, 5) is 17.5. The van der Waals surface area contributed by atoms with Gasteiger partial charge in [-0.2, -0.15) is 0 Å². The van der Waals surface area contributed by atoms with Crippen molar-refractivity contribution in [1.82, 2.24) is 4.98 Å². The van der Waals surface area contributed by atoms with Crippen molar-refractivity contribution in [1.29, 1.82) is 0 Å². The van der Waals surface area contributed by atoms with Gasteiger partial charge in [-0.1, -0.05) is 12.1 Å². The molecule has 0 atom stereocenters. The highest BCUT2D eigenvalue weighted by Gasteiger charge is 2.26. The smallest absolute Gasteiger partial charge is 0.306 e. The number of hydrogen-bond acceptors (Lipinski definition) is 4. The van der Waals surface area contributed by atoms with Crippen LogP contribution in [0.4, 0.5) is 9.52 Å². The summed E-state index contributed by atoms with van der Waals surface area (Å²) >= 11 is 1.47. The summed E-state index contributed by atoms with van der Waals surface area (Å²) in [5.41, 5.74) is 1.13. The summed E-state index contributed by atoms with van der Waals surface area (Å²) < 4.78 is 13.8. The van der Waals surface area contributed by atoms with E-state index >= 15 is 0 Å². The number of carbonyl (C=O) groups is 1. The van der Waals surface area contributed by atoms with E-state index in [1.807, 2.05) is 5.38 Å². The van der Waals surface area contributed by atoms with E-state index in [0.29, 0.717) is 37.2 Å². The van der Waals surface area contributed by atoms with Gasteiger partial charge in [-0.15, -0.1) is 11.3 Å². The van der Waals surface area contributed by atoms with E-state index in [1.165, 1.54) is 17.4 Å². The molecule has 4 nitrogen and oxygen atoms in total. The summed E-state index contributed by atoms with van der Waals surface area (Å²) in [5.74, 6) is -1.26. The normalized spacial score (nSPS) is 16.1. The fourth-order valence-electron chi connectivity index (χ4n) is 2.52. The molecule has 1 N–H and O–H groups in total. The van der Waals surface area contributed by atoms with Gasteiger partial charge in [0.05, 0.1) is 11.6 Å². The molecule has 6 heteroatoms. The molecule has 0 amide bonds. The van der Waals surface area contributed by atoms with Crippen LogP contribution in [0, 0.1) is 11.7 Å². The second kappa shape index (κ2) is 5.81. The third-order valence-corrected chi connectivity index (χ3v) is 4.66. The lowest BCUT2D eigenvalue weighted by atomic mass is 9.97. The maximum Gasteiger partial charge on any atom is 0.306 e. The number of benzene rings is 1. The highest BCUT2D eigenvalue weighted by atomic mass is 32.1. The van der Waals surface area contributed by atoms with Gasteiger partial charge in [-0.05, 0) is 25.0 Å². The molecule has 0 bridgehead atoms. The molecule has 0 spiro atoms. The number of nitrogens with zero attached hydrogens (tertiary/aromatic N) is 2. The molecule has 1 saturated heterocycles. The summed E-state index contributed by atoms with van der Waals surface area (Å²) in [6.45, 7) is 1.36. The number of aromatic nitrogens is 1. The van der Waals surface area contributed by atoms with Crippen molar-refractivity contribution < 1.29 is 14.3 Å². The predicted octanol–water partition coefficient (Wildman–Crippen LogP) is 3.25. The van der Waals surface area contributed by atoms with Gasteiger partial charge in [0.2, 0.25) is 0 Å². The van der Waals surface area contributed by atoms with E-state index in [4.69, 9.17) is 5.11 Å². The van der Waals surface area contributed by atoms with Gasteiger partial charge in [0.1, 0.15) is 5.82 Å². The summed E-state index contributed by atoms with van der Waals surface area (Å²) in [6, 6.07) is 6.58. The summed E-state index contributed by atoms with van der Waals surface area (Å²) in [7, 11) is 0. The Balaban J connectivity index is 1.74. The Bertz CT molecular complexity index is 651. The van der Waals surface area contributed by atoms with Gasteiger partial charge in [0.25, 0.3) is 0 Å². The SMILES string of the molecule is O=C(O)C1CCN(c2nc(-c3ccccc3F)cs2)CC1. The van der Waals surface area contributed by atoms with Crippen LogP contribution < -0.4 is 4.90 Å². The number of thiazole rings is 1. The molecule has 0 radical (unpaired) electrons. The van der Waals surface area contributed by atoms with Crippen molar-refractivity contribution in [3.8, 4) is 11.3 Å². The van der Waals surface area contributed by atoms with Crippen LogP contribution in [0.1, 0.15) is 12.8 Å². The first-order valence-electron chi connectivity index (χ1n) is 6.83. The first kappa shape index (κ1) is 14.0. The van der Waals surface area contributed by atoms with Gasteiger partial charge in [0.15, 0.2) is 5.13 Å². The van der Waals surface area contributed by atoms with Crippen LogP contribution >= 0.6 is 11.3 Å². The van der Waals surface area contributed by atoms with Crippen molar-refractivity contribution in [2.75, 3.05) is 18.0 Å². The second-order valence-corrected chi connectivity index (χ2v) is 5.93. The number of carboxylic acids is 1. The molecule has 110 valence electrons. The molecule has 0 unspecified atom stereocenters. The number of hydrogen-bond donors (Lipinski definition) is 1. The van der Waals surface area contributed by atoms with E-state index in [2.05, 4.69) is 9.88 Å². The van der Waals surface area contributed by atoms with Crippen molar-refractivity contribution >= 4 is 22.4 Å². The van der Waals surface area contributed by atoms with Crippen LogP contribution in [0.15, 0.2) is 29.6 Å². The van der Waals surface area contributed by atoms with Crippen LogP contribution in [0.5, 0.6) is 0 Å². The third kappa shape index (κ3) is 2.90. The van der Waals surface area contributed by atoms with Gasteiger partial charge >= 0.3 is 5.97 Å². The molecule has 2 heterocycles. The van der Waals surface area contributed by atoms with Gasteiger partial charge in [0, 0.05) is 24.0 Å². The van der Waals surface area contributed by atoms with Crippen LogP contribution in [-0.2, 0) is 4.79 Å². The predicted molar refractivity (Wildman–Crippen MR) is 80.1 cm³/mol. The van der Waals surface area contributed by atoms with Crippen LogP contribution in [0.25, 0.3) is 11.3 Å². The minimum absolute atomic E-state index is 0.257. The summed E-state index contributed by atoms with van der Waals surface area (Å²) in [5, 5.41) is 11.7. The maximum atomic E-state index is 13.8. The monoisotopic (exact) mass is 306 g/mol. The first-order valence-corrected chi connectivity index (χ1v) is 7.71. The van der Waals surface area contributed by atoms with E-state index in [-0.39, 0.29) is 11.7 Å². The topological polar surface area (TPSA) is 53.4 Å². The Morgan fingerprint density at radius 3 is 2.71 bits per heavy atom. The Labute approximate surface area is 125 Å². The average molecular weight is 306 g/mol.